The van der Waals surface area contributed by atoms with Crippen LogP contribution in [0.3, 0.4) is 0 Å². The van der Waals surface area contributed by atoms with E-state index in [-0.39, 0.29) is 10.8 Å². The Morgan fingerprint density at radius 2 is 2.08 bits per heavy atom. The molecule has 0 aliphatic carbocycles. The Kier molecular flexibility index (Phi) is 5.18. The Morgan fingerprint density at radius 1 is 1.33 bits per heavy atom. The molecule has 1 aliphatic rings. The quantitative estimate of drug-likeness (QED) is 0.833. The predicted molar refractivity (Wildman–Crippen MR) is 93.8 cm³/mol. The summed E-state index contributed by atoms with van der Waals surface area (Å²) in [5.41, 5.74) is 1.85. The summed E-state index contributed by atoms with van der Waals surface area (Å²) in [6.07, 6.45) is 8.28. The smallest absolute Gasteiger partial charge is 0.177 e. The number of nitrogens with zero attached hydrogens (tertiary/aromatic N) is 3. The van der Waals surface area contributed by atoms with Crippen molar-refractivity contribution in [2.45, 2.75) is 30.2 Å². The molecular formula is C17H20ClN3O2S. The second-order valence-electron chi connectivity index (χ2n) is 6.24. The first-order valence-corrected chi connectivity index (χ1v) is 10.2. The van der Waals surface area contributed by atoms with Gasteiger partial charge in [0.2, 0.25) is 0 Å². The van der Waals surface area contributed by atoms with Crippen LogP contribution in [0.5, 0.6) is 0 Å². The molecule has 5 nitrogen and oxygen atoms in total. The molecule has 2 aromatic rings. The summed E-state index contributed by atoms with van der Waals surface area (Å²) < 4.78 is 24.2. The number of likely N-dealkylation sites (tertiary alicyclic amines) is 1. The van der Waals surface area contributed by atoms with Crippen LogP contribution in [0.1, 0.15) is 30.0 Å². The number of sulfone groups is 1. The molecule has 128 valence electrons. The number of rotatable bonds is 4. The van der Waals surface area contributed by atoms with Gasteiger partial charge in [0.05, 0.1) is 15.6 Å². The molecule has 24 heavy (non-hydrogen) atoms. The topological polar surface area (TPSA) is 63.2 Å². The zero-order chi connectivity index (χ0) is 17.2. The van der Waals surface area contributed by atoms with E-state index in [1.165, 1.54) is 24.1 Å². The second-order valence-corrected chi connectivity index (χ2v) is 8.66. The normalized spacial score (nSPS) is 19.3. The van der Waals surface area contributed by atoms with Crippen molar-refractivity contribution in [1.29, 1.82) is 0 Å². The highest BCUT2D eigenvalue weighted by atomic mass is 35.5. The predicted octanol–water partition coefficient (Wildman–Crippen LogP) is 2.91. The second kappa shape index (κ2) is 7.17. The molecule has 0 radical (unpaired) electrons. The molecule has 3 heterocycles. The van der Waals surface area contributed by atoms with Crippen LogP contribution in [0.15, 0.2) is 41.7 Å². The molecule has 0 spiro atoms. The maximum absolute atomic E-state index is 12.1. The van der Waals surface area contributed by atoms with E-state index < -0.39 is 9.84 Å². The van der Waals surface area contributed by atoms with E-state index in [2.05, 4.69) is 14.9 Å². The zero-order valence-corrected chi connectivity index (χ0v) is 15.1. The highest BCUT2D eigenvalue weighted by Gasteiger charge is 2.27. The lowest BCUT2D eigenvalue weighted by molar-refractivity contribution is 0.197. The molecule has 2 aromatic heterocycles. The van der Waals surface area contributed by atoms with Crippen LogP contribution >= 0.6 is 11.6 Å². The molecule has 1 saturated heterocycles. The van der Waals surface area contributed by atoms with E-state index >= 15 is 0 Å². The maximum atomic E-state index is 12.1. The van der Waals surface area contributed by atoms with Gasteiger partial charge >= 0.3 is 0 Å². The number of aromatic nitrogens is 2. The minimum atomic E-state index is -3.36. The van der Waals surface area contributed by atoms with Gasteiger partial charge in [-0.25, -0.2) is 8.42 Å². The third-order valence-corrected chi connectivity index (χ3v) is 5.63. The molecule has 1 unspecified atom stereocenters. The first-order chi connectivity index (χ1) is 11.4. The summed E-state index contributed by atoms with van der Waals surface area (Å²) in [6.45, 7) is 2.63. The largest absolute Gasteiger partial charge is 0.298 e. The lowest BCUT2D eigenvalue weighted by Crippen LogP contribution is -2.34. The molecule has 1 fully saturated rings. The van der Waals surface area contributed by atoms with Gasteiger partial charge in [0.25, 0.3) is 0 Å². The van der Waals surface area contributed by atoms with Crippen LogP contribution in [0.4, 0.5) is 0 Å². The van der Waals surface area contributed by atoms with Crippen molar-refractivity contribution in [1.82, 2.24) is 14.9 Å². The summed E-state index contributed by atoms with van der Waals surface area (Å²) >= 11 is 5.95. The molecule has 7 heteroatoms. The molecule has 1 atom stereocenters. The van der Waals surface area contributed by atoms with Crippen molar-refractivity contribution in [3.05, 3.63) is 53.1 Å². The van der Waals surface area contributed by atoms with Crippen molar-refractivity contribution in [3.8, 4) is 0 Å². The van der Waals surface area contributed by atoms with E-state index in [9.17, 15) is 8.42 Å². The summed E-state index contributed by atoms with van der Waals surface area (Å²) in [6, 6.07) is 5.53. The molecule has 0 bridgehead atoms. The van der Waals surface area contributed by atoms with Crippen LogP contribution in [-0.4, -0.2) is 42.6 Å². The van der Waals surface area contributed by atoms with Crippen LogP contribution in [0.2, 0.25) is 5.02 Å². The molecule has 3 rings (SSSR count). The van der Waals surface area contributed by atoms with Gasteiger partial charge in [-0.05, 0) is 43.1 Å². The third kappa shape index (κ3) is 4.12. The van der Waals surface area contributed by atoms with Crippen molar-refractivity contribution < 1.29 is 8.42 Å². The summed E-state index contributed by atoms with van der Waals surface area (Å²) in [5, 5.41) is 0.351. The van der Waals surface area contributed by atoms with E-state index in [1.807, 2.05) is 12.1 Å². The summed E-state index contributed by atoms with van der Waals surface area (Å²) in [7, 11) is -3.36. The molecule has 0 N–H and O–H groups in total. The van der Waals surface area contributed by atoms with Gasteiger partial charge < -0.3 is 0 Å². The monoisotopic (exact) mass is 365 g/mol. The number of halogens is 1. The summed E-state index contributed by atoms with van der Waals surface area (Å²) in [5.74, 6) is 0.0996. The van der Waals surface area contributed by atoms with Crippen LogP contribution in [-0.2, 0) is 16.4 Å². The fraction of sp³-hybridized carbons (Fsp3) is 0.412. The lowest BCUT2D eigenvalue weighted by atomic mass is 9.94. The standard InChI is InChI=1S/C17H20ClN3O2S/c1-24(22,23)16-9-15(18)10-20-17(16)14-3-2-8-21(12-14)11-13-4-6-19-7-5-13/h4-7,9-10,14H,2-3,8,11-12H2,1H3. The van der Waals surface area contributed by atoms with Gasteiger partial charge in [0.15, 0.2) is 9.84 Å². The number of hydrogen-bond donors (Lipinski definition) is 0. The minimum Gasteiger partial charge on any atom is -0.298 e. The molecule has 0 saturated carbocycles. The Morgan fingerprint density at radius 3 is 2.79 bits per heavy atom. The molecule has 0 amide bonds. The highest BCUT2D eigenvalue weighted by Crippen LogP contribution is 2.31. The van der Waals surface area contributed by atoms with E-state index in [1.54, 1.807) is 12.4 Å². The van der Waals surface area contributed by atoms with E-state index in [0.717, 1.165) is 32.5 Å². The lowest BCUT2D eigenvalue weighted by Gasteiger charge is -2.33. The first kappa shape index (κ1) is 17.3. The fourth-order valence-electron chi connectivity index (χ4n) is 3.20. The van der Waals surface area contributed by atoms with Gasteiger partial charge in [0, 0.05) is 43.9 Å². The Balaban J connectivity index is 1.83. The van der Waals surface area contributed by atoms with Crippen molar-refractivity contribution in [2.75, 3.05) is 19.3 Å². The Bertz CT molecular complexity index is 812. The highest BCUT2D eigenvalue weighted by molar-refractivity contribution is 7.90. The van der Waals surface area contributed by atoms with Crippen LogP contribution in [0.25, 0.3) is 0 Å². The maximum Gasteiger partial charge on any atom is 0.177 e. The number of hydrogen-bond acceptors (Lipinski definition) is 5. The van der Waals surface area contributed by atoms with Gasteiger partial charge in [-0.2, -0.15) is 0 Å². The van der Waals surface area contributed by atoms with Gasteiger partial charge in [-0.3, -0.25) is 14.9 Å². The van der Waals surface area contributed by atoms with Crippen molar-refractivity contribution in [2.24, 2.45) is 0 Å². The molecular weight excluding hydrogens is 346 g/mol. The average Bonchev–Trinajstić information content (AvgIpc) is 2.55. The third-order valence-electron chi connectivity index (χ3n) is 4.30. The Hall–Kier alpha value is -1.50. The summed E-state index contributed by atoms with van der Waals surface area (Å²) in [4.78, 5) is 11.0. The fourth-order valence-corrected chi connectivity index (χ4v) is 4.37. The van der Waals surface area contributed by atoms with Crippen molar-refractivity contribution in [3.63, 3.8) is 0 Å². The van der Waals surface area contributed by atoms with Gasteiger partial charge in [-0.1, -0.05) is 11.6 Å². The number of pyridine rings is 2. The minimum absolute atomic E-state index is 0.0996. The van der Waals surface area contributed by atoms with Gasteiger partial charge in [0.1, 0.15) is 0 Å². The van der Waals surface area contributed by atoms with E-state index in [0.29, 0.717) is 10.7 Å². The van der Waals surface area contributed by atoms with Crippen LogP contribution < -0.4 is 0 Å². The molecule has 0 aromatic carbocycles. The van der Waals surface area contributed by atoms with Gasteiger partial charge in [-0.15, -0.1) is 0 Å². The zero-order valence-electron chi connectivity index (χ0n) is 13.5. The average molecular weight is 366 g/mol. The molecule has 1 aliphatic heterocycles. The van der Waals surface area contributed by atoms with E-state index in [4.69, 9.17) is 11.6 Å². The number of piperidine rings is 1. The van der Waals surface area contributed by atoms with Crippen LogP contribution in [0, 0.1) is 0 Å². The Labute approximate surface area is 147 Å². The first-order valence-electron chi connectivity index (χ1n) is 7.90. The SMILES string of the molecule is CS(=O)(=O)c1cc(Cl)cnc1C1CCCN(Cc2ccncc2)C1. The van der Waals surface area contributed by atoms with Crippen molar-refractivity contribution >= 4 is 21.4 Å².